The van der Waals surface area contributed by atoms with E-state index in [1.54, 1.807) is 19.2 Å². The highest BCUT2D eigenvalue weighted by Gasteiger charge is 2.39. The first kappa shape index (κ1) is 13.8. The van der Waals surface area contributed by atoms with Gasteiger partial charge in [0.05, 0.1) is 5.60 Å². The first-order chi connectivity index (χ1) is 8.57. The molecule has 0 saturated heterocycles. The molecular weight excluding hydrogens is 253 g/mol. The van der Waals surface area contributed by atoms with Gasteiger partial charge in [-0.1, -0.05) is 30.5 Å². The van der Waals surface area contributed by atoms with Crippen molar-refractivity contribution in [2.24, 2.45) is 5.73 Å². The summed E-state index contributed by atoms with van der Waals surface area (Å²) < 4.78 is 19.4. The number of nitrogens with two attached hydrogens (primary N) is 1. The van der Waals surface area contributed by atoms with Crippen LogP contribution in [0.3, 0.4) is 0 Å². The van der Waals surface area contributed by atoms with Gasteiger partial charge in [0, 0.05) is 18.2 Å². The van der Waals surface area contributed by atoms with Gasteiger partial charge in [0.1, 0.15) is 5.82 Å². The van der Waals surface area contributed by atoms with Crippen LogP contribution in [0.1, 0.15) is 31.2 Å². The second-order valence-electron chi connectivity index (χ2n) is 5.02. The van der Waals surface area contributed by atoms with E-state index in [1.807, 2.05) is 0 Å². The summed E-state index contributed by atoms with van der Waals surface area (Å²) in [5, 5.41) is 0.409. The van der Waals surface area contributed by atoms with Gasteiger partial charge in [-0.3, -0.25) is 0 Å². The van der Waals surface area contributed by atoms with Gasteiger partial charge in [0.2, 0.25) is 0 Å². The Morgan fingerprint density at radius 1 is 1.44 bits per heavy atom. The van der Waals surface area contributed by atoms with E-state index in [2.05, 4.69) is 0 Å². The van der Waals surface area contributed by atoms with E-state index in [4.69, 9.17) is 22.1 Å². The van der Waals surface area contributed by atoms with Crippen molar-refractivity contribution in [3.8, 4) is 0 Å². The van der Waals surface area contributed by atoms with E-state index < -0.39 is 0 Å². The molecule has 2 rings (SSSR count). The van der Waals surface area contributed by atoms with Crippen LogP contribution in [-0.2, 0) is 11.2 Å². The number of benzene rings is 1. The van der Waals surface area contributed by atoms with Gasteiger partial charge in [0.15, 0.2) is 0 Å². The highest BCUT2D eigenvalue weighted by Crippen LogP contribution is 2.36. The van der Waals surface area contributed by atoms with Gasteiger partial charge >= 0.3 is 0 Å². The third-order valence-electron chi connectivity index (χ3n) is 3.99. The van der Waals surface area contributed by atoms with E-state index in [1.165, 1.54) is 6.07 Å². The summed E-state index contributed by atoms with van der Waals surface area (Å²) in [6, 6.07) is 4.55. The Balaban J connectivity index is 2.12. The van der Waals surface area contributed by atoms with Crippen molar-refractivity contribution < 1.29 is 9.13 Å². The molecule has 1 aromatic carbocycles. The predicted molar refractivity (Wildman–Crippen MR) is 71.3 cm³/mol. The summed E-state index contributed by atoms with van der Waals surface area (Å²) in [5.74, 6) is -0.290. The average Bonchev–Trinajstić information content (AvgIpc) is 2.82. The second kappa shape index (κ2) is 5.55. The molecule has 2 N–H and O–H groups in total. The van der Waals surface area contributed by atoms with Gasteiger partial charge in [-0.25, -0.2) is 4.39 Å². The Bertz CT molecular complexity index is 418. The molecule has 1 unspecified atom stereocenters. The summed E-state index contributed by atoms with van der Waals surface area (Å²) in [5.41, 5.74) is 6.56. The van der Waals surface area contributed by atoms with Crippen molar-refractivity contribution >= 4 is 11.6 Å². The van der Waals surface area contributed by atoms with Crippen molar-refractivity contribution in [2.45, 2.75) is 43.7 Å². The van der Waals surface area contributed by atoms with Crippen LogP contribution in [0.25, 0.3) is 0 Å². The molecule has 1 atom stereocenters. The normalized spacial score (nSPS) is 20.0. The van der Waals surface area contributed by atoms with Crippen molar-refractivity contribution in [1.82, 2.24) is 0 Å². The number of ether oxygens (including phenoxy) is 1. The molecule has 1 saturated carbocycles. The molecule has 4 heteroatoms. The minimum atomic E-state index is -0.290. The zero-order valence-electron chi connectivity index (χ0n) is 10.6. The number of hydrogen-bond donors (Lipinski definition) is 1. The van der Waals surface area contributed by atoms with E-state index in [0.717, 1.165) is 25.7 Å². The highest BCUT2D eigenvalue weighted by molar-refractivity contribution is 6.30. The summed E-state index contributed by atoms with van der Waals surface area (Å²) in [7, 11) is 1.70. The minimum absolute atomic E-state index is 0.180. The zero-order chi connectivity index (χ0) is 13.2. The van der Waals surface area contributed by atoms with Gasteiger partial charge in [-0.05, 0) is 37.0 Å². The highest BCUT2D eigenvalue weighted by atomic mass is 35.5. The van der Waals surface area contributed by atoms with Crippen molar-refractivity contribution in [2.75, 3.05) is 7.11 Å². The lowest BCUT2D eigenvalue weighted by atomic mass is 9.88. The summed E-state index contributed by atoms with van der Waals surface area (Å²) in [4.78, 5) is 0. The van der Waals surface area contributed by atoms with Crippen molar-refractivity contribution in [3.05, 3.63) is 34.6 Å². The molecule has 100 valence electrons. The second-order valence-corrected chi connectivity index (χ2v) is 5.46. The van der Waals surface area contributed by atoms with E-state index >= 15 is 0 Å². The molecule has 1 aliphatic rings. The Hall–Kier alpha value is -0.640. The monoisotopic (exact) mass is 271 g/mol. The van der Waals surface area contributed by atoms with E-state index in [-0.39, 0.29) is 17.5 Å². The summed E-state index contributed by atoms with van der Waals surface area (Å²) >= 11 is 5.74. The Morgan fingerprint density at radius 3 is 2.67 bits per heavy atom. The number of hydrogen-bond acceptors (Lipinski definition) is 2. The number of methoxy groups -OCH3 is 1. The summed E-state index contributed by atoms with van der Waals surface area (Å²) in [6.45, 7) is 0. The topological polar surface area (TPSA) is 35.2 Å². The van der Waals surface area contributed by atoms with Crippen LogP contribution in [0.5, 0.6) is 0 Å². The smallest absolute Gasteiger partial charge is 0.127 e. The zero-order valence-corrected chi connectivity index (χ0v) is 11.3. The molecule has 0 bridgehead atoms. The molecule has 1 aromatic rings. The quantitative estimate of drug-likeness (QED) is 0.912. The molecule has 0 radical (unpaired) electrons. The molecule has 1 aliphatic carbocycles. The van der Waals surface area contributed by atoms with Crippen LogP contribution >= 0.6 is 11.6 Å². The number of rotatable bonds is 4. The molecular formula is C14H19ClFNO. The van der Waals surface area contributed by atoms with Crippen LogP contribution in [0.15, 0.2) is 18.2 Å². The fourth-order valence-corrected chi connectivity index (χ4v) is 2.97. The fraction of sp³-hybridized carbons (Fsp3) is 0.571. The lowest BCUT2D eigenvalue weighted by molar-refractivity contribution is -0.0255. The van der Waals surface area contributed by atoms with Crippen LogP contribution in [0.4, 0.5) is 4.39 Å². The number of halogens is 2. The van der Waals surface area contributed by atoms with Gasteiger partial charge in [-0.2, -0.15) is 0 Å². The molecule has 0 heterocycles. The maximum absolute atomic E-state index is 13.7. The molecule has 0 spiro atoms. The average molecular weight is 272 g/mol. The maximum Gasteiger partial charge on any atom is 0.127 e. The Kier molecular flexibility index (Phi) is 4.25. The van der Waals surface area contributed by atoms with Crippen molar-refractivity contribution in [3.63, 3.8) is 0 Å². The Labute approximate surface area is 112 Å². The van der Waals surface area contributed by atoms with Crippen LogP contribution in [-0.4, -0.2) is 18.8 Å². The fourth-order valence-electron chi connectivity index (χ4n) is 2.81. The van der Waals surface area contributed by atoms with Crippen LogP contribution < -0.4 is 5.73 Å². The Morgan fingerprint density at radius 2 is 2.11 bits per heavy atom. The lowest BCUT2D eigenvalue weighted by Gasteiger charge is -2.34. The standard InChI is InChI=1S/C14H19ClFNO/c1-18-14(6-2-3-7-14)13(17)8-10-4-5-11(15)9-12(10)16/h4-5,9,13H,2-3,6-8,17H2,1H3. The largest absolute Gasteiger partial charge is 0.377 e. The SMILES string of the molecule is COC1(C(N)Cc2ccc(Cl)cc2F)CCCC1. The summed E-state index contributed by atoms with van der Waals surface area (Å²) in [6.07, 6.45) is 4.66. The molecule has 0 aliphatic heterocycles. The lowest BCUT2D eigenvalue weighted by Crippen LogP contribution is -2.48. The maximum atomic E-state index is 13.7. The predicted octanol–water partition coefficient (Wildman–Crippen LogP) is 3.31. The van der Waals surface area contributed by atoms with Crippen molar-refractivity contribution in [1.29, 1.82) is 0 Å². The molecule has 0 aromatic heterocycles. The first-order valence-corrected chi connectivity index (χ1v) is 6.70. The van der Waals surface area contributed by atoms with Gasteiger partial charge < -0.3 is 10.5 Å². The van der Waals surface area contributed by atoms with Crippen LogP contribution in [0.2, 0.25) is 5.02 Å². The first-order valence-electron chi connectivity index (χ1n) is 6.32. The third kappa shape index (κ3) is 2.68. The van der Waals surface area contributed by atoms with E-state index in [9.17, 15) is 4.39 Å². The van der Waals surface area contributed by atoms with Gasteiger partial charge in [-0.15, -0.1) is 0 Å². The molecule has 1 fully saturated rings. The van der Waals surface area contributed by atoms with Crippen LogP contribution in [0, 0.1) is 5.82 Å². The third-order valence-corrected chi connectivity index (χ3v) is 4.22. The molecule has 18 heavy (non-hydrogen) atoms. The molecule has 2 nitrogen and oxygen atoms in total. The minimum Gasteiger partial charge on any atom is -0.377 e. The molecule has 0 amide bonds. The van der Waals surface area contributed by atoms with Gasteiger partial charge in [0.25, 0.3) is 0 Å². The van der Waals surface area contributed by atoms with E-state index in [0.29, 0.717) is 17.0 Å².